The molecule has 3 rings (SSSR count). The maximum Gasteiger partial charge on any atom is 0.262 e. The maximum atomic E-state index is 12.3. The number of hydrogen-bond donors (Lipinski definition) is 1. The van der Waals surface area contributed by atoms with Crippen molar-refractivity contribution < 1.29 is 9.53 Å². The second-order valence-electron chi connectivity index (χ2n) is 6.67. The highest BCUT2D eigenvalue weighted by Gasteiger charge is 2.18. The summed E-state index contributed by atoms with van der Waals surface area (Å²) in [5, 5.41) is 12.3. The van der Waals surface area contributed by atoms with Gasteiger partial charge in [0.05, 0.1) is 13.2 Å². The minimum absolute atomic E-state index is 0.171. The number of ether oxygens (including phenoxy) is 1. The Morgan fingerprint density at radius 1 is 1.16 bits per heavy atom. The van der Waals surface area contributed by atoms with Crippen molar-refractivity contribution in [2.45, 2.75) is 38.1 Å². The zero-order valence-corrected chi connectivity index (χ0v) is 14.5. The Hall–Kier alpha value is -2.32. The number of carbonyl (C=O) groups excluding carboxylic acids is 1. The summed E-state index contributed by atoms with van der Waals surface area (Å²) in [6, 6.07) is 10.2. The van der Waals surface area contributed by atoms with E-state index in [4.69, 9.17) is 4.74 Å². The van der Waals surface area contributed by atoms with Crippen molar-refractivity contribution >= 4 is 17.7 Å². The molecule has 1 aromatic rings. The van der Waals surface area contributed by atoms with Crippen LogP contribution in [0.2, 0.25) is 0 Å². The highest BCUT2D eigenvalue weighted by Crippen LogP contribution is 2.19. The van der Waals surface area contributed by atoms with Gasteiger partial charge >= 0.3 is 0 Å². The third-order valence-corrected chi connectivity index (χ3v) is 4.89. The van der Waals surface area contributed by atoms with Crippen molar-refractivity contribution in [3.05, 3.63) is 35.4 Å². The van der Waals surface area contributed by atoms with Gasteiger partial charge in [-0.3, -0.25) is 4.79 Å². The maximum absolute atomic E-state index is 12.3. The van der Waals surface area contributed by atoms with Crippen LogP contribution in [0.15, 0.2) is 29.8 Å². The standard InChI is InChI=1S/C20H25N3O2/c21-15-17(20(24)22-18-4-2-1-3-5-18)14-16-6-8-19(9-7-16)23-10-12-25-13-11-23/h6-9,14,18H,1-5,10-13H2,(H,22,24)/b17-14-. The number of nitriles is 1. The summed E-state index contributed by atoms with van der Waals surface area (Å²) in [5.74, 6) is -0.258. The van der Waals surface area contributed by atoms with E-state index >= 15 is 0 Å². The van der Waals surface area contributed by atoms with Crippen LogP contribution in [0.5, 0.6) is 0 Å². The summed E-state index contributed by atoms with van der Waals surface area (Å²) in [6.07, 6.45) is 7.24. The Labute approximate surface area is 149 Å². The molecule has 0 spiro atoms. The molecule has 0 aromatic heterocycles. The Morgan fingerprint density at radius 3 is 2.48 bits per heavy atom. The van der Waals surface area contributed by atoms with Gasteiger partial charge in [0.1, 0.15) is 11.6 Å². The largest absolute Gasteiger partial charge is 0.378 e. The van der Waals surface area contributed by atoms with Crippen molar-refractivity contribution in [3.63, 3.8) is 0 Å². The molecule has 1 aliphatic heterocycles. The number of carbonyl (C=O) groups is 1. The molecule has 2 fully saturated rings. The van der Waals surface area contributed by atoms with Crippen molar-refractivity contribution in [2.75, 3.05) is 31.2 Å². The molecule has 1 aromatic carbocycles. The van der Waals surface area contributed by atoms with Crippen molar-refractivity contribution in [1.82, 2.24) is 5.32 Å². The van der Waals surface area contributed by atoms with Crippen molar-refractivity contribution in [2.24, 2.45) is 0 Å². The van der Waals surface area contributed by atoms with Gasteiger partial charge in [-0.05, 0) is 36.6 Å². The van der Waals surface area contributed by atoms with Crippen LogP contribution in [0.4, 0.5) is 5.69 Å². The number of nitrogens with one attached hydrogen (secondary N) is 1. The van der Waals surface area contributed by atoms with Gasteiger partial charge in [-0.1, -0.05) is 31.4 Å². The molecule has 1 aliphatic carbocycles. The molecule has 0 radical (unpaired) electrons. The lowest BCUT2D eigenvalue weighted by Gasteiger charge is -2.28. The first-order valence-electron chi connectivity index (χ1n) is 9.12. The van der Waals surface area contributed by atoms with Crippen LogP contribution in [0.25, 0.3) is 6.08 Å². The van der Waals surface area contributed by atoms with Crippen LogP contribution in [0.3, 0.4) is 0 Å². The Balaban J connectivity index is 1.64. The first-order valence-corrected chi connectivity index (χ1v) is 9.12. The fourth-order valence-corrected chi connectivity index (χ4v) is 3.43. The summed E-state index contributed by atoms with van der Waals surface area (Å²) in [4.78, 5) is 14.6. The lowest BCUT2D eigenvalue weighted by atomic mass is 9.95. The molecular formula is C20H25N3O2. The zero-order valence-electron chi connectivity index (χ0n) is 14.5. The van der Waals surface area contributed by atoms with Gasteiger partial charge in [-0.25, -0.2) is 0 Å². The molecule has 25 heavy (non-hydrogen) atoms. The van der Waals surface area contributed by atoms with E-state index < -0.39 is 0 Å². The second-order valence-corrected chi connectivity index (χ2v) is 6.67. The molecule has 1 saturated heterocycles. The van der Waals surface area contributed by atoms with Crippen molar-refractivity contribution in [1.29, 1.82) is 5.26 Å². The molecule has 1 saturated carbocycles. The number of anilines is 1. The molecule has 1 N–H and O–H groups in total. The van der Waals surface area contributed by atoms with Crippen LogP contribution in [0.1, 0.15) is 37.7 Å². The Bertz CT molecular complexity index is 649. The molecule has 1 amide bonds. The number of nitrogens with zero attached hydrogens (tertiary/aromatic N) is 2. The molecule has 0 unspecified atom stereocenters. The minimum atomic E-state index is -0.258. The van der Waals surface area contributed by atoms with Gasteiger partial charge in [-0.2, -0.15) is 5.26 Å². The lowest BCUT2D eigenvalue weighted by molar-refractivity contribution is -0.117. The predicted octanol–water partition coefficient (Wildman–Crippen LogP) is 2.88. The molecule has 2 aliphatic rings. The van der Waals surface area contributed by atoms with Gasteiger partial charge in [0.15, 0.2) is 0 Å². The van der Waals surface area contributed by atoms with Crippen LogP contribution in [0, 0.1) is 11.3 Å². The van der Waals surface area contributed by atoms with E-state index in [2.05, 4.69) is 10.2 Å². The monoisotopic (exact) mass is 339 g/mol. The molecule has 1 heterocycles. The summed E-state index contributed by atoms with van der Waals surface area (Å²) in [6.45, 7) is 3.29. The highest BCUT2D eigenvalue weighted by atomic mass is 16.5. The fraction of sp³-hybridized carbons (Fsp3) is 0.500. The van der Waals surface area contributed by atoms with Gasteiger partial charge in [0.2, 0.25) is 0 Å². The van der Waals surface area contributed by atoms with E-state index in [1.54, 1.807) is 6.08 Å². The SMILES string of the molecule is N#C/C(=C/c1ccc(N2CCOCC2)cc1)C(=O)NC1CCCCC1. The Kier molecular flexibility index (Phi) is 6.08. The number of hydrogen-bond acceptors (Lipinski definition) is 4. The topological polar surface area (TPSA) is 65.4 Å². The van der Waals surface area contributed by atoms with Crippen molar-refractivity contribution in [3.8, 4) is 6.07 Å². The Morgan fingerprint density at radius 2 is 1.84 bits per heavy atom. The molecular weight excluding hydrogens is 314 g/mol. The summed E-state index contributed by atoms with van der Waals surface area (Å²) in [5.41, 5.74) is 2.18. The van der Waals surface area contributed by atoms with Gasteiger partial charge in [-0.15, -0.1) is 0 Å². The summed E-state index contributed by atoms with van der Waals surface area (Å²) >= 11 is 0. The van der Waals surface area contributed by atoms with Crippen LogP contribution in [-0.4, -0.2) is 38.3 Å². The van der Waals surface area contributed by atoms with Gasteiger partial charge < -0.3 is 15.0 Å². The summed E-state index contributed by atoms with van der Waals surface area (Å²) < 4.78 is 5.37. The lowest BCUT2D eigenvalue weighted by Crippen LogP contribution is -2.36. The van der Waals surface area contributed by atoms with E-state index in [1.165, 1.54) is 6.42 Å². The summed E-state index contributed by atoms with van der Waals surface area (Å²) in [7, 11) is 0. The normalized spacial score (nSPS) is 19.3. The quantitative estimate of drug-likeness (QED) is 0.677. The number of amides is 1. The van der Waals surface area contributed by atoms with Crippen LogP contribution < -0.4 is 10.2 Å². The first kappa shape index (κ1) is 17.5. The third kappa shape index (κ3) is 4.83. The third-order valence-electron chi connectivity index (χ3n) is 4.89. The molecule has 0 bridgehead atoms. The van der Waals surface area contributed by atoms with Crippen LogP contribution >= 0.6 is 0 Å². The molecule has 5 nitrogen and oxygen atoms in total. The predicted molar refractivity (Wildman–Crippen MR) is 98.1 cm³/mol. The van der Waals surface area contributed by atoms with Gasteiger partial charge in [0, 0.05) is 24.8 Å². The number of rotatable bonds is 4. The molecule has 0 atom stereocenters. The molecule has 5 heteroatoms. The average Bonchev–Trinajstić information content (AvgIpc) is 2.68. The number of benzene rings is 1. The fourth-order valence-electron chi connectivity index (χ4n) is 3.43. The first-order chi connectivity index (χ1) is 12.3. The molecule has 132 valence electrons. The van der Waals surface area contributed by atoms with Crippen LogP contribution in [-0.2, 0) is 9.53 Å². The van der Waals surface area contributed by atoms with Gasteiger partial charge in [0.25, 0.3) is 5.91 Å². The second kappa shape index (κ2) is 8.68. The smallest absolute Gasteiger partial charge is 0.262 e. The minimum Gasteiger partial charge on any atom is -0.378 e. The number of morpholine rings is 1. The van der Waals surface area contributed by atoms with E-state index in [-0.39, 0.29) is 17.5 Å². The average molecular weight is 339 g/mol. The zero-order chi connectivity index (χ0) is 17.5. The van der Waals surface area contributed by atoms with E-state index in [1.807, 2.05) is 30.3 Å². The highest BCUT2D eigenvalue weighted by molar-refractivity contribution is 6.01. The van der Waals surface area contributed by atoms with E-state index in [0.29, 0.717) is 0 Å². The van der Waals surface area contributed by atoms with E-state index in [0.717, 1.165) is 63.2 Å². The van der Waals surface area contributed by atoms with E-state index in [9.17, 15) is 10.1 Å².